The number of aldehydes is 1. The number of nitrogen functional groups attached to an aromatic ring is 1. The van der Waals surface area contributed by atoms with Crippen LogP contribution in [0.4, 0.5) is 24.5 Å². The van der Waals surface area contributed by atoms with E-state index < -0.39 is 34.2 Å². The Morgan fingerprint density at radius 3 is 2.53 bits per heavy atom. The van der Waals surface area contributed by atoms with Crippen molar-refractivity contribution < 1.29 is 27.6 Å². The van der Waals surface area contributed by atoms with Crippen molar-refractivity contribution in [3.63, 3.8) is 0 Å². The van der Waals surface area contributed by atoms with Gasteiger partial charge in [0.05, 0.1) is 4.92 Å². The van der Waals surface area contributed by atoms with Crippen LogP contribution in [0.5, 0.6) is 5.88 Å². The van der Waals surface area contributed by atoms with E-state index in [-0.39, 0.29) is 6.29 Å². The molecule has 0 aliphatic heterocycles. The summed E-state index contributed by atoms with van der Waals surface area (Å²) in [5.74, 6) is -1.37. The van der Waals surface area contributed by atoms with E-state index in [9.17, 15) is 28.1 Å². The summed E-state index contributed by atoms with van der Waals surface area (Å²) in [6.45, 7) is 0. The zero-order valence-corrected chi connectivity index (χ0v) is 7.89. The quantitative estimate of drug-likeness (QED) is 0.492. The van der Waals surface area contributed by atoms with Crippen LogP contribution in [-0.4, -0.2) is 22.6 Å². The zero-order valence-electron chi connectivity index (χ0n) is 7.89. The maximum absolute atomic E-state index is 11.9. The summed E-state index contributed by atoms with van der Waals surface area (Å²) in [6, 6.07) is 0.772. The van der Waals surface area contributed by atoms with Gasteiger partial charge >= 0.3 is 17.9 Å². The van der Waals surface area contributed by atoms with Gasteiger partial charge < -0.3 is 10.5 Å². The van der Waals surface area contributed by atoms with Crippen LogP contribution in [0.15, 0.2) is 6.07 Å². The number of rotatable bonds is 3. The van der Waals surface area contributed by atoms with Crippen molar-refractivity contribution in [2.75, 3.05) is 5.73 Å². The monoisotopic (exact) mass is 251 g/mol. The molecule has 10 heteroatoms. The molecular weight excluding hydrogens is 247 g/mol. The third-order valence-electron chi connectivity index (χ3n) is 1.53. The van der Waals surface area contributed by atoms with Gasteiger partial charge in [-0.1, -0.05) is 0 Å². The van der Waals surface area contributed by atoms with E-state index in [0.717, 1.165) is 6.07 Å². The summed E-state index contributed by atoms with van der Waals surface area (Å²) >= 11 is 0. The molecule has 0 radical (unpaired) electrons. The van der Waals surface area contributed by atoms with Crippen molar-refractivity contribution in [2.24, 2.45) is 0 Å². The van der Waals surface area contributed by atoms with Gasteiger partial charge in [-0.3, -0.25) is 14.9 Å². The van der Waals surface area contributed by atoms with Gasteiger partial charge in [0.2, 0.25) is 0 Å². The van der Waals surface area contributed by atoms with Crippen molar-refractivity contribution in [2.45, 2.75) is 6.36 Å². The first-order valence-electron chi connectivity index (χ1n) is 3.90. The second-order valence-electron chi connectivity index (χ2n) is 2.71. The van der Waals surface area contributed by atoms with Crippen molar-refractivity contribution in [1.82, 2.24) is 4.98 Å². The topological polar surface area (TPSA) is 108 Å². The smallest absolute Gasteiger partial charge is 0.393 e. The molecule has 0 atom stereocenters. The number of aromatic nitrogens is 1. The van der Waals surface area contributed by atoms with Crippen LogP contribution in [0.3, 0.4) is 0 Å². The summed E-state index contributed by atoms with van der Waals surface area (Å²) in [4.78, 5) is 22.7. The lowest BCUT2D eigenvalue weighted by atomic mass is 10.3. The number of ether oxygens (including phenoxy) is 1. The Hall–Kier alpha value is -2.39. The molecule has 0 aromatic carbocycles. The molecule has 1 aromatic heterocycles. The number of alkyl halides is 3. The second-order valence-corrected chi connectivity index (χ2v) is 2.71. The molecule has 1 heterocycles. The highest BCUT2D eigenvalue weighted by Gasteiger charge is 2.36. The number of carbonyl (C=O) groups excluding carboxylic acids is 1. The van der Waals surface area contributed by atoms with Gasteiger partial charge in [-0.2, -0.15) is 0 Å². The predicted octanol–water partition coefficient (Wildman–Crippen LogP) is 1.28. The Morgan fingerprint density at radius 1 is 1.53 bits per heavy atom. The van der Waals surface area contributed by atoms with Crippen LogP contribution in [0.1, 0.15) is 10.5 Å². The minimum absolute atomic E-state index is 0.0866. The van der Waals surface area contributed by atoms with E-state index in [1.807, 2.05) is 0 Å². The normalized spacial score (nSPS) is 11.0. The summed E-state index contributed by atoms with van der Waals surface area (Å²) in [7, 11) is 0. The molecule has 1 aromatic rings. The third kappa shape index (κ3) is 3.03. The number of anilines is 1. The molecule has 0 bridgehead atoms. The molecule has 2 N–H and O–H groups in total. The Morgan fingerprint density at radius 2 is 2.12 bits per heavy atom. The van der Waals surface area contributed by atoms with Crippen molar-refractivity contribution in [3.05, 3.63) is 21.9 Å². The number of halogens is 3. The average Bonchev–Trinajstić information content (AvgIpc) is 2.13. The summed E-state index contributed by atoms with van der Waals surface area (Å²) < 4.78 is 39.1. The maximum Gasteiger partial charge on any atom is 0.574 e. The van der Waals surface area contributed by atoms with Gasteiger partial charge in [-0.15, -0.1) is 13.2 Å². The van der Waals surface area contributed by atoms with Gasteiger partial charge in [0, 0.05) is 0 Å². The highest BCUT2D eigenvalue weighted by Crippen LogP contribution is 2.34. The SMILES string of the molecule is Nc1cc(C=O)nc(OC(F)(F)F)c1[N+](=O)[O-]. The number of hydrogen-bond acceptors (Lipinski definition) is 6. The van der Waals surface area contributed by atoms with Gasteiger partial charge in [0.25, 0.3) is 0 Å². The molecule has 0 spiro atoms. The minimum Gasteiger partial charge on any atom is -0.393 e. The largest absolute Gasteiger partial charge is 0.574 e. The third-order valence-corrected chi connectivity index (χ3v) is 1.53. The predicted molar refractivity (Wildman–Crippen MR) is 47.4 cm³/mol. The Balaban J connectivity index is 3.37. The van der Waals surface area contributed by atoms with Crippen LogP contribution in [0.2, 0.25) is 0 Å². The molecule has 0 unspecified atom stereocenters. The lowest BCUT2D eigenvalue weighted by Gasteiger charge is -2.09. The first-order chi connectivity index (χ1) is 7.74. The number of nitrogens with zero attached hydrogens (tertiary/aromatic N) is 2. The average molecular weight is 251 g/mol. The maximum atomic E-state index is 11.9. The number of carbonyl (C=O) groups is 1. The second kappa shape index (κ2) is 4.23. The van der Waals surface area contributed by atoms with Gasteiger partial charge in [-0.25, -0.2) is 4.98 Å². The van der Waals surface area contributed by atoms with Crippen LogP contribution < -0.4 is 10.5 Å². The van der Waals surface area contributed by atoms with Crippen LogP contribution >= 0.6 is 0 Å². The molecule has 17 heavy (non-hydrogen) atoms. The van der Waals surface area contributed by atoms with Crippen LogP contribution in [-0.2, 0) is 0 Å². The van der Waals surface area contributed by atoms with Crippen molar-refractivity contribution >= 4 is 17.7 Å². The fourth-order valence-electron chi connectivity index (χ4n) is 0.978. The Bertz CT molecular complexity index is 474. The number of nitrogens with two attached hydrogens (primary N) is 1. The van der Waals surface area contributed by atoms with Crippen molar-refractivity contribution in [3.8, 4) is 5.88 Å². The van der Waals surface area contributed by atoms with Gasteiger partial charge in [-0.05, 0) is 6.07 Å². The molecule has 7 nitrogen and oxygen atoms in total. The molecule has 0 amide bonds. The molecule has 0 saturated carbocycles. The lowest BCUT2D eigenvalue weighted by Crippen LogP contribution is -2.19. The minimum atomic E-state index is -5.17. The highest BCUT2D eigenvalue weighted by molar-refractivity contribution is 5.77. The standard InChI is InChI=1S/C7H4F3N3O4/c8-7(9,10)17-6-5(13(15)16)4(11)1-3(2-14)12-6/h1-2H,(H2,11,12). The summed E-state index contributed by atoms with van der Waals surface area (Å²) in [6.07, 6.45) is -5.09. The van der Waals surface area contributed by atoms with Gasteiger partial charge in [0.1, 0.15) is 11.4 Å². The van der Waals surface area contributed by atoms with E-state index in [0.29, 0.717) is 0 Å². The Labute approximate surface area is 91.1 Å². The molecule has 0 saturated heterocycles. The zero-order chi connectivity index (χ0) is 13.2. The Kier molecular flexibility index (Phi) is 3.16. The summed E-state index contributed by atoms with van der Waals surface area (Å²) in [5.41, 5.74) is 2.83. The number of pyridine rings is 1. The lowest BCUT2D eigenvalue weighted by molar-refractivity contribution is -0.388. The molecule has 0 aliphatic rings. The van der Waals surface area contributed by atoms with Gasteiger partial charge in [0.15, 0.2) is 6.29 Å². The van der Waals surface area contributed by atoms with E-state index in [1.54, 1.807) is 0 Å². The summed E-state index contributed by atoms with van der Waals surface area (Å²) in [5, 5.41) is 10.5. The molecular formula is C7H4F3N3O4. The van der Waals surface area contributed by atoms with Crippen molar-refractivity contribution in [1.29, 1.82) is 0 Å². The van der Waals surface area contributed by atoms with E-state index in [1.165, 1.54) is 0 Å². The molecule has 1 rings (SSSR count). The number of hydrogen-bond donors (Lipinski definition) is 1. The number of nitro groups is 1. The first kappa shape index (κ1) is 12.7. The first-order valence-corrected chi connectivity index (χ1v) is 3.90. The molecule has 92 valence electrons. The highest BCUT2D eigenvalue weighted by atomic mass is 19.4. The fourth-order valence-corrected chi connectivity index (χ4v) is 0.978. The van der Waals surface area contributed by atoms with E-state index >= 15 is 0 Å². The molecule has 0 aliphatic carbocycles. The fraction of sp³-hybridized carbons (Fsp3) is 0.143. The molecule has 0 fully saturated rings. The van der Waals surface area contributed by atoms with Crippen LogP contribution in [0.25, 0.3) is 0 Å². The van der Waals surface area contributed by atoms with E-state index in [2.05, 4.69) is 9.72 Å². The van der Waals surface area contributed by atoms with E-state index in [4.69, 9.17) is 5.73 Å². The van der Waals surface area contributed by atoms with Crippen LogP contribution in [0, 0.1) is 10.1 Å².